The fourth-order valence-electron chi connectivity index (χ4n) is 2.54. The first-order chi connectivity index (χ1) is 8.62. The molecule has 1 heterocycles. The minimum absolute atomic E-state index is 0.00404. The van der Waals surface area contributed by atoms with E-state index in [1.807, 2.05) is 17.8 Å². The number of amides is 1. The average Bonchev–Trinajstić information content (AvgIpc) is 2.76. The lowest BCUT2D eigenvalue weighted by Gasteiger charge is -2.31. The Bertz CT molecular complexity index is 407. The maximum atomic E-state index is 12.1. The number of carbonyl (C=O) groups excluding carboxylic acids is 1. The molecule has 1 aliphatic carbocycles. The molecule has 0 saturated heterocycles. The molecule has 1 saturated carbocycles. The van der Waals surface area contributed by atoms with E-state index in [1.54, 1.807) is 6.20 Å². The van der Waals surface area contributed by atoms with Gasteiger partial charge >= 0.3 is 0 Å². The van der Waals surface area contributed by atoms with Gasteiger partial charge in [0.15, 0.2) is 0 Å². The third-order valence-corrected chi connectivity index (χ3v) is 3.79. The lowest BCUT2D eigenvalue weighted by atomic mass is 9.82. The molecular weight excluding hydrogens is 228 g/mol. The van der Waals surface area contributed by atoms with Crippen molar-refractivity contribution in [1.82, 2.24) is 15.1 Å². The van der Waals surface area contributed by atoms with Gasteiger partial charge in [-0.25, -0.2) is 0 Å². The Hall–Kier alpha value is -1.36. The molecule has 1 aliphatic rings. The van der Waals surface area contributed by atoms with Crippen molar-refractivity contribution in [3.8, 4) is 0 Å². The predicted molar refractivity (Wildman–Crippen MR) is 69.9 cm³/mol. The van der Waals surface area contributed by atoms with Crippen LogP contribution >= 0.6 is 0 Å². The van der Waals surface area contributed by atoms with Crippen molar-refractivity contribution in [2.75, 3.05) is 6.54 Å². The number of rotatable bonds is 4. The first-order valence-electron chi connectivity index (χ1n) is 6.66. The van der Waals surface area contributed by atoms with E-state index in [1.165, 1.54) is 6.42 Å². The number of nitrogens with two attached hydrogens (primary N) is 1. The second-order valence-electron chi connectivity index (χ2n) is 5.17. The smallest absolute Gasteiger partial charge is 0.240 e. The fraction of sp³-hybridized carbons (Fsp3) is 0.692. The zero-order valence-corrected chi connectivity index (χ0v) is 11.0. The van der Waals surface area contributed by atoms with Gasteiger partial charge in [-0.05, 0) is 18.9 Å². The molecule has 1 amide bonds. The van der Waals surface area contributed by atoms with Crippen molar-refractivity contribution in [2.45, 2.75) is 44.1 Å². The van der Waals surface area contributed by atoms with E-state index in [9.17, 15) is 4.79 Å². The van der Waals surface area contributed by atoms with Gasteiger partial charge in [-0.3, -0.25) is 9.48 Å². The summed E-state index contributed by atoms with van der Waals surface area (Å²) in [6, 6.07) is 1.96. The van der Waals surface area contributed by atoms with E-state index in [-0.39, 0.29) is 5.91 Å². The summed E-state index contributed by atoms with van der Waals surface area (Å²) in [4.78, 5) is 12.1. The van der Waals surface area contributed by atoms with Crippen LogP contribution in [0.2, 0.25) is 0 Å². The van der Waals surface area contributed by atoms with Crippen LogP contribution in [0.5, 0.6) is 0 Å². The Labute approximate surface area is 108 Å². The van der Waals surface area contributed by atoms with Crippen molar-refractivity contribution in [2.24, 2.45) is 12.8 Å². The quantitative estimate of drug-likeness (QED) is 0.828. The van der Waals surface area contributed by atoms with Crippen LogP contribution in [0.4, 0.5) is 0 Å². The van der Waals surface area contributed by atoms with Crippen LogP contribution in [0.3, 0.4) is 0 Å². The van der Waals surface area contributed by atoms with Gasteiger partial charge in [0.1, 0.15) is 0 Å². The van der Waals surface area contributed by atoms with Crippen LogP contribution in [0.15, 0.2) is 12.3 Å². The van der Waals surface area contributed by atoms with Crippen molar-refractivity contribution in [3.63, 3.8) is 0 Å². The number of aryl methyl sites for hydroxylation is 1. The first kappa shape index (κ1) is 13.1. The van der Waals surface area contributed by atoms with Crippen LogP contribution < -0.4 is 11.1 Å². The van der Waals surface area contributed by atoms with Gasteiger partial charge < -0.3 is 11.1 Å². The lowest BCUT2D eigenvalue weighted by molar-refractivity contribution is -0.127. The maximum absolute atomic E-state index is 12.1. The fourth-order valence-corrected chi connectivity index (χ4v) is 2.54. The molecule has 1 fully saturated rings. The maximum Gasteiger partial charge on any atom is 0.240 e. The second-order valence-corrected chi connectivity index (χ2v) is 5.17. The molecule has 0 spiro atoms. The summed E-state index contributed by atoms with van der Waals surface area (Å²) in [6.45, 7) is 0.622. The van der Waals surface area contributed by atoms with Gasteiger partial charge in [0, 0.05) is 31.9 Å². The zero-order chi connectivity index (χ0) is 13.0. The zero-order valence-electron chi connectivity index (χ0n) is 11.0. The summed E-state index contributed by atoms with van der Waals surface area (Å²) in [5.74, 6) is 0.00404. The van der Waals surface area contributed by atoms with E-state index in [0.29, 0.717) is 6.54 Å². The lowest BCUT2D eigenvalue weighted by Crippen LogP contribution is -2.55. The number of nitrogens with zero attached hydrogens (tertiary/aromatic N) is 2. The highest BCUT2D eigenvalue weighted by Gasteiger charge is 2.34. The molecule has 1 aromatic rings. The summed E-state index contributed by atoms with van der Waals surface area (Å²) in [6.07, 6.45) is 7.49. The highest BCUT2D eigenvalue weighted by molar-refractivity contribution is 5.86. The number of hydrogen-bond acceptors (Lipinski definition) is 3. The Balaban J connectivity index is 1.79. The summed E-state index contributed by atoms with van der Waals surface area (Å²) in [7, 11) is 1.91. The molecule has 100 valence electrons. The molecule has 0 bridgehead atoms. The van der Waals surface area contributed by atoms with E-state index in [2.05, 4.69) is 10.4 Å². The highest BCUT2D eigenvalue weighted by Crippen LogP contribution is 2.25. The highest BCUT2D eigenvalue weighted by atomic mass is 16.2. The van der Waals surface area contributed by atoms with Gasteiger partial charge in [-0.2, -0.15) is 5.10 Å². The number of nitrogens with one attached hydrogen (secondary N) is 1. The number of carbonyl (C=O) groups is 1. The van der Waals surface area contributed by atoms with E-state index < -0.39 is 5.54 Å². The Kier molecular flexibility index (Phi) is 4.01. The van der Waals surface area contributed by atoms with Gasteiger partial charge in [0.25, 0.3) is 0 Å². The van der Waals surface area contributed by atoms with Gasteiger partial charge in [0.05, 0.1) is 5.54 Å². The minimum Gasteiger partial charge on any atom is -0.354 e. The Morgan fingerprint density at radius 1 is 1.50 bits per heavy atom. The van der Waals surface area contributed by atoms with Crippen LogP contribution in [-0.4, -0.2) is 27.8 Å². The van der Waals surface area contributed by atoms with Gasteiger partial charge in [-0.15, -0.1) is 0 Å². The summed E-state index contributed by atoms with van der Waals surface area (Å²) < 4.78 is 1.82. The molecule has 0 aromatic carbocycles. The molecule has 5 heteroatoms. The molecule has 5 nitrogen and oxygen atoms in total. The summed E-state index contributed by atoms with van der Waals surface area (Å²) in [5.41, 5.74) is 6.64. The molecule has 18 heavy (non-hydrogen) atoms. The topological polar surface area (TPSA) is 72.9 Å². The van der Waals surface area contributed by atoms with E-state index in [0.717, 1.165) is 37.8 Å². The second kappa shape index (κ2) is 5.52. The van der Waals surface area contributed by atoms with Crippen LogP contribution in [0, 0.1) is 0 Å². The third-order valence-electron chi connectivity index (χ3n) is 3.79. The number of hydrogen-bond donors (Lipinski definition) is 2. The monoisotopic (exact) mass is 250 g/mol. The number of aromatic nitrogens is 2. The standard InChI is InChI=1S/C13H22N4O/c1-17-11(6-10-16-17)5-9-15-12(18)13(14)7-3-2-4-8-13/h6,10H,2-5,7-9,14H2,1H3,(H,15,18). The van der Waals surface area contributed by atoms with E-state index >= 15 is 0 Å². The normalized spacial score (nSPS) is 18.6. The van der Waals surface area contributed by atoms with Crippen molar-refractivity contribution >= 4 is 5.91 Å². The Morgan fingerprint density at radius 2 is 2.22 bits per heavy atom. The molecule has 0 radical (unpaired) electrons. The van der Waals surface area contributed by atoms with Crippen LogP contribution in [0.25, 0.3) is 0 Å². The molecular formula is C13H22N4O. The molecule has 1 aromatic heterocycles. The largest absolute Gasteiger partial charge is 0.354 e. The van der Waals surface area contributed by atoms with Crippen molar-refractivity contribution in [3.05, 3.63) is 18.0 Å². The predicted octanol–water partition coefficient (Wildman–Crippen LogP) is 0.740. The molecule has 0 aliphatic heterocycles. The Morgan fingerprint density at radius 3 is 2.83 bits per heavy atom. The third kappa shape index (κ3) is 2.90. The van der Waals surface area contributed by atoms with Crippen LogP contribution in [0.1, 0.15) is 37.8 Å². The van der Waals surface area contributed by atoms with E-state index in [4.69, 9.17) is 5.73 Å². The van der Waals surface area contributed by atoms with Crippen molar-refractivity contribution in [1.29, 1.82) is 0 Å². The molecule has 3 N–H and O–H groups in total. The summed E-state index contributed by atoms with van der Waals surface area (Å²) in [5, 5.41) is 7.05. The average molecular weight is 250 g/mol. The molecule has 2 rings (SSSR count). The molecule has 0 atom stereocenters. The van der Waals surface area contributed by atoms with Gasteiger partial charge in [0.2, 0.25) is 5.91 Å². The van der Waals surface area contributed by atoms with Gasteiger partial charge in [-0.1, -0.05) is 19.3 Å². The molecule has 0 unspecified atom stereocenters. The first-order valence-corrected chi connectivity index (χ1v) is 6.66. The SMILES string of the molecule is Cn1nccc1CCNC(=O)C1(N)CCCCC1. The minimum atomic E-state index is -0.634. The van der Waals surface area contributed by atoms with Crippen molar-refractivity contribution < 1.29 is 4.79 Å². The summed E-state index contributed by atoms with van der Waals surface area (Å²) >= 11 is 0. The van der Waals surface area contributed by atoms with Crippen LogP contribution in [-0.2, 0) is 18.3 Å².